The van der Waals surface area contributed by atoms with Crippen molar-refractivity contribution in [2.24, 2.45) is 0 Å². The van der Waals surface area contributed by atoms with Crippen molar-refractivity contribution >= 4 is 5.91 Å². The topological polar surface area (TPSA) is 51.2 Å². The summed E-state index contributed by atoms with van der Waals surface area (Å²) in [7, 11) is 3.21. The van der Waals surface area contributed by atoms with E-state index in [1.807, 2.05) is 41.3 Å². The summed E-state index contributed by atoms with van der Waals surface area (Å²) >= 11 is 0. The number of hydrogen-bond acceptors (Lipinski definition) is 5. The van der Waals surface area contributed by atoms with E-state index in [2.05, 4.69) is 17.9 Å². The zero-order valence-corrected chi connectivity index (χ0v) is 17.5. The summed E-state index contributed by atoms with van der Waals surface area (Å²) in [6, 6.07) is 13.7. The van der Waals surface area contributed by atoms with E-state index >= 15 is 0 Å². The lowest BCUT2D eigenvalue weighted by molar-refractivity contribution is -0.132. The second-order valence-corrected chi connectivity index (χ2v) is 7.25. The molecule has 0 saturated carbocycles. The number of rotatable bonds is 8. The third-order valence-electron chi connectivity index (χ3n) is 5.19. The Hall–Kier alpha value is -2.73. The predicted octanol–water partition coefficient (Wildman–Crippen LogP) is 2.78. The number of amides is 1. The number of aryl methyl sites for hydroxylation is 1. The van der Waals surface area contributed by atoms with Gasteiger partial charge in [0.25, 0.3) is 0 Å². The first-order valence-electron chi connectivity index (χ1n) is 9.99. The number of carbonyl (C=O) groups excluding carboxylic acids is 1. The van der Waals surface area contributed by atoms with Crippen LogP contribution >= 0.6 is 0 Å². The minimum atomic E-state index is 0.146. The van der Waals surface area contributed by atoms with Gasteiger partial charge in [0.05, 0.1) is 20.6 Å². The molecule has 3 rings (SSSR count). The van der Waals surface area contributed by atoms with Crippen molar-refractivity contribution in [1.82, 2.24) is 9.80 Å². The first-order chi connectivity index (χ1) is 14.1. The maximum absolute atomic E-state index is 12.7. The van der Waals surface area contributed by atoms with Crippen molar-refractivity contribution in [3.8, 4) is 17.2 Å². The highest BCUT2D eigenvalue weighted by molar-refractivity contribution is 5.79. The SMILES string of the molecule is COc1ccc(CC(=O)N2CCN(CCOc3cccc(C)c3)CC2)cc1OC. The molecule has 1 saturated heterocycles. The van der Waals surface area contributed by atoms with E-state index in [0.29, 0.717) is 24.5 Å². The van der Waals surface area contributed by atoms with Gasteiger partial charge in [0, 0.05) is 32.7 Å². The normalized spacial score (nSPS) is 14.5. The second-order valence-electron chi connectivity index (χ2n) is 7.25. The summed E-state index contributed by atoms with van der Waals surface area (Å²) in [4.78, 5) is 17.0. The van der Waals surface area contributed by atoms with Gasteiger partial charge >= 0.3 is 0 Å². The molecule has 6 heteroatoms. The number of methoxy groups -OCH3 is 2. The van der Waals surface area contributed by atoms with Crippen molar-refractivity contribution in [2.75, 3.05) is 53.6 Å². The van der Waals surface area contributed by atoms with E-state index in [9.17, 15) is 4.79 Å². The summed E-state index contributed by atoms with van der Waals surface area (Å²) in [5.41, 5.74) is 2.13. The van der Waals surface area contributed by atoms with E-state index in [1.165, 1.54) is 5.56 Å². The molecule has 29 heavy (non-hydrogen) atoms. The van der Waals surface area contributed by atoms with Crippen molar-refractivity contribution in [3.05, 3.63) is 53.6 Å². The van der Waals surface area contributed by atoms with Gasteiger partial charge in [-0.15, -0.1) is 0 Å². The lowest BCUT2D eigenvalue weighted by Crippen LogP contribution is -2.49. The van der Waals surface area contributed by atoms with Crippen LogP contribution in [0.1, 0.15) is 11.1 Å². The highest BCUT2D eigenvalue weighted by Crippen LogP contribution is 2.27. The summed E-state index contributed by atoms with van der Waals surface area (Å²) in [5, 5.41) is 0. The van der Waals surface area contributed by atoms with Crippen molar-refractivity contribution < 1.29 is 19.0 Å². The highest BCUT2D eigenvalue weighted by Gasteiger charge is 2.21. The Morgan fingerprint density at radius 1 is 0.966 bits per heavy atom. The van der Waals surface area contributed by atoms with Gasteiger partial charge in [0.15, 0.2) is 11.5 Å². The molecule has 1 aliphatic heterocycles. The number of benzene rings is 2. The first-order valence-corrected chi connectivity index (χ1v) is 9.99. The third-order valence-corrected chi connectivity index (χ3v) is 5.19. The average molecular weight is 399 g/mol. The standard InChI is InChI=1S/C23H30N2O4/c1-18-5-4-6-20(15-18)29-14-13-24-9-11-25(12-10-24)23(26)17-19-7-8-21(27-2)22(16-19)28-3/h4-8,15-16H,9-14,17H2,1-3H3. The molecule has 1 heterocycles. The van der Waals surface area contributed by atoms with Gasteiger partial charge in [-0.1, -0.05) is 18.2 Å². The zero-order valence-electron chi connectivity index (χ0n) is 17.5. The molecule has 0 bridgehead atoms. The molecule has 2 aromatic rings. The molecule has 1 amide bonds. The van der Waals surface area contributed by atoms with Gasteiger partial charge in [-0.2, -0.15) is 0 Å². The van der Waals surface area contributed by atoms with Crippen LogP contribution in [-0.4, -0.2) is 69.3 Å². The molecule has 0 radical (unpaired) electrons. The molecule has 0 aromatic heterocycles. The van der Waals surface area contributed by atoms with Crippen molar-refractivity contribution in [1.29, 1.82) is 0 Å². The van der Waals surface area contributed by atoms with E-state index in [4.69, 9.17) is 14.2 Å². The molecule has 156 valence electrons. The number of carbonyl (C=O) groups is 1. The largest absolute Gasteiger partial charge is 0.493 e. The van der Waals surface area contributed by atoms with Gasteiger partial charge in [-0.05, 0) is 42.3 Å². The van der Waals surface area contributed by atoms with Crippen LogP contribution in [0.5, 0.6) is 17.2 Å². The van der Waals surface area contributed by atoms with Gasteiger partial charge < -0.3 is 19.1 Å². The molecule has 2 aromatic carbocycles. The Kier molecular flexibility index (Phi) is 7.36. The van der Waals surface area contributed by atoms with Crippen LogP contribution < -0.4 is 14.2 Å². The average Bonchev–Trinajstić information content (AvgIpc) is 2.74. The number of ether oxygens (including phenoxy) is 3. The molecule has 1 aliphatic rings. The van der Waals surface area contributed by atoms with Gasteiger partial charge in [-0.3, -0.25) is 9.69 Å². The summed E-state index contributed by atoms with van der Waals surface area (Å²) in [6.45, 7) is 6.82. The Balaban J connectivity index is 1.42. The maximum atomic E-state index is 12.7. The van der Waals surface area contributed by atoms with Crippen molar-refractivity contribution in [2.45, 2.75) is 13.3 Å². The minimum Gasteiger partial charge on any atom is -0.493 e. The van der Waals surface area contributed by atoms with E-state index in [-0.39, 0.29) is 5.91 Å². The van der Waals surface area contributed by atoms with Crippen LogP contribution in [0.3, 0.4) is 0 Å². The summed E-state index contributed by atoms with van der Waals surface area (Å²) < 4.78 is 16.4. The molecule has 0 aliphatic carbocycles. The summed E-state index contributed by atoms with van der Waals surface area (Å²) in [6.07, 6.45) is 0.372. The molecule has 1 fully saturated rings. The number of piperazine rings is 1. The number of hydrogen-bond donors (Lipinski definition) is 0. The molecule has 0 atom stereocenters. The van der Waals surface area contributed by atoms with E-state index < -0.39 is 0 Å². The van der Waals surface area contributed by atoms with Crippen LogP contribution in [0.4, 0.5) is 0 Å². The smallest absolute Gasteiger partial charge is 0.227 e. The molecular formula is C23H30N2O4. The maximum Gasteiger partial charge on any atom is 0.227 e. The van der Waals surface area contributed by atoms with E-state index in [1.54, 1.807) is 14.2 Å². The molecule has 0 spiro atoms. The van der Waals surface area contributed by atoms with Crippen LogP contribution in [0, 0.1) is 6.92 Å². The quantitative estimate of drug-likeness (QED) is 0.684. The Labute approximate surface area is 173 Å². The van der Waals surface area contributed by atoms with Crippen LogP contribution in [0.25, 0.3) is 0 Å². The highest BCUT2D eigenvalue weighted by atomic mass is 16.5. The molecule has 0 N–H and O–H groups in total. The fraction of sp³-hybridized carbons (Fsp3) is 0.435. The Bertz CT molecular complexity index is 816. The third kappa shape index (κ3) is 5.87. The predicted molar refractivity (Wildman–Crippen MR) is 113 cm³/mol. The van der Waals surface area contributed by atoms with Crippen LogP contribution in [0.2, 0.25) is 0 Å². The minimum absolute atomic E-state index is 0.146. The fourth-order valence-corrected chi connectivity index (χ4v) is 3.50. The lowest BCUT2D eigenvalue weighted by atomic mass is 10.1. The van der Waals surface area contributed by atoms with Crippen LogP contribution in [0.15, 0.2) is 42.5 Å². The lowest BCUT2D eigenvalue weighted by Gasteiger charge is -2.34. The fourth-order valence-electron chi connectivity index (χ4n) is 3.50. The zero-order chi connectivity index (χ0) is 20.6. The van der Waals surface area contributed by atoms with Gasteiger partial charge in [-0.25, -0.2) is 0 Å². The van der Waals surface area contributed by atoms with Gasteiger partial charge in [0.2, 0.25) is 5.91 Å². The second kappa shape index (κ2) is 10.2. The molecule has 6 nitrogen and oxygen atoms in total. The Morgan fingerprint density at radius 3 is 2.41 bits per heavy atom. The van der Waals surface area contributed by atoms with Gasteiger partial charge in [0.1, 0.15) is 12.4 Å². The summed E-state index contributed by atoms with van der Waals surface area (Å²) in [5.74, 6) is 2.38. The monoisotopic (exact) mass is 398 g/mol. The molecular weight excluding hydrogens is 368 g/mol. The first kappa shape index (κ1) is 21.0. The Morgan fingerprint density at radius 2 is 1.72 bits per heavy atom. The molecule has 0 unspecified atom stereocenters. The van der Waals surface area contributed by atoms with Crippen molar-refractivity contribution in [3.63, 3.8) is 0 Å². The van der Waals surface area contributed by atoms with Crippen LogP contribution in [-0.2, 0) is 11.2 Å². The number of nitrogens with zero attached hydrogens (tertiary/aromatic N) is 2. The van der Waals surface area contributed by atoms with E-state index in [0.717, 1.165) is 44.0 Å².